The summed E-state index contributed by atoms with van der Waals surface area (Å²) in [7, 11) is 0. The van der Waals surface area contributed by atoms with E-state index in [4.69, 9.17) is 0 Å². The Balaban J connectivity index is 1.38. The van der Waals surface area contributed by atoms with Crippen LogP contribution >= 0.6 is 15.9 Å². The van der Waals surface area contributed by atoms with E-state index in [-0.39, 0.29) is 23.8 Å². The summed E-state index contributed by atoms with van der Waals surface area (Å²) in [4.78, 5) is 32.0. The molecule has 1 aromatic heterocycles. The van der Waals surface area contributed by atoms with E-state index >= 15 is 0 Å². The Morgan fingerprint density at radius 2 is 1.76 bits per heavy atom. The minimum absolute atomic E-state index is 0.00170. The number of hydrogen-bond acceptors (Lipinski definition) is 4. The number of carbonyl (C=O) groups excluding carboxylic acids is 2. The summed E-state index contributed by atoms with van der Waals surface area (Å²) in [5.74, 6) is 0.560. The summed E-state index contributed by atoms with van der Waals surface area (Å²) >= 11 is 3.34. The van der Waals surface area contributed by atoms with Crippen molar-refractivity contribution in [2.24, 2.45) is 5.92 Å². The molecule has 1 aliphatic heterocycles. The molecule has 152 valence electrons. The van der Waals surface area contributed by atoms with Crippen molar-refractivity contribution in [3.8, 4) is 0 Å². The summed E-state index contributed by atoms with van der Waals surface area (Å²) in [6.45, 7) is 1.42. The van der Waals surface area contributed by atoms with Gasteiger partial charge in [0.25, 0.3) is 0 Å². The monoisotopic (exact) mass is 456 g/mol. The number of likely N-dealkylation sites (tertiary alicyclic amines) is 1. The van der Waals surface area contributed by atoms with Crippen molar-refractivity contribution in [1.82, 2.24) is 15.2 Å². The van der Waals surface area contributed by atoms with Gasteiger partial charge in [0.05, 0.1) is 0 Å². The van der Waals surface area contributed by atoms with Crippen LogP contribution in [-0.4, -0.2) is 40.8 Å². The molecule has 1 aliphatic carbocycles. The minimum atomic E-state index is -0.297. The number of benzene rings is 1. The van der Waals surface area contributed by atoms with Crippen LogP contribution in [0.2, 0.25) is 0 Å². The Hall–Kier alpha value is -2.25. The van der Waals surface area contributed by atoms with E-state index in [0.717, 1.165) is 35.7 Å². The third-order valence-corrected chi connectivity index (χ3v) is 6.00. The lowest BCUT2D eigenvalue weighted by atomic mass is 9.93. The quantitative estimate of drug-likeness (QED) is 0.697. The molecule has 4 rings (SSSR count). The number of rotatable bonds is 6. The van der Waals surface area contributed by atoms with Crippen molar-refractivity contribution in [2.45, 2.75) is 37.8 Å². The van der Waals surface area contributed by atoms with Gasteiger partial charge in [-0.1, -0.05) is 30.3 Å². The Labute approximate surface area is 179 Å². The third-order valence-electron chi connectivity index (χ3n) is 5.53. The predicted octanol–water partition coefficient (Wildman–Crippen LogP) is 3.51. The zero-order valence-electron chi connectivity index (χ0n) is 16.2. The van der Waals surface area contributed by atoms with Gasteiger partial charge in [0, 0.05) is 22.6 Å². The molecule has 0 radical (unpaired) electrons. The lowest BCUT2D eigenvalue weighted by Gasteiger charge is -2.36. The van der Waals surface area contributed by atoms with E-state index in [9.17, 15) is 9.59 Å². The highest BCUT2D eigenvalue weighted by Gasteiger charge is 2.35. The molecule has 2 aromatic rings. The maximum atomic E-state index is 12.9. The van der Waals surface area contributed by atoms with Crippen molar-refractivity contribution in [3.05, 3.63) is 58.7 Å². The molecule has 1 unspecified atom stereocenters. The van der Waals surface area contributed by atoms with Crippen LogP contribution < -0.4 is 10.6 Å². The number of halogens is 1. The molecule has 0 bridgehead atoms. The predicted molar refractivity (Wildman–Crippen MR) is 115 cm³/mol. The van der Waals surface area contributed by atoms with Gasteiger partial charge in [-0.25, -0.2) is 4.98 Å². The van der Waals surface area contributed by atoms with Crippen molar-refractivity contribution in [2.75, 3.05) is 18.4 Å². The van der Waals surface area contributed by atoms with E-state index in [1.807, 2.05) is 36.4 Å². The molecule has 2 heterocycles. The van der Waals surface area contributed by atoms with Crippen LogP contribution in [0.4, 0.5) is 5.82 Å². The highest BCUT2D eigenvalue weighted by Crippen LogP contribution is 2.29. The molecular weight excluding hydrogens is 432 g/mol. The van der Waals surface area contributed by atoms with Gasteiger partial charge >= 0.3 is 0 Å². The highest BCUT2D eigenvalue weighted by atomic mass is 79.9. The summed E-state index contributed by atoms with van der Waals surface area (Å²) in [5, 5.41) is 6.05. The average Bonchev–Trinajstić information content (AvgIpc) is 3.55. The number of piperidine rings is 1. The number of nitrogens with one attached hydrogen (secondary N) is 2. The molecule has 29 heavy (non-hydrogen) atoms. The topological polar surface area (TPSA) is 74.3 Å². The molecule has 1 saturated carbocycles. The fraction of sp³-hybridized carbons (Fsp3) is 0.409. The SMILES string of the molecule is O=C(Nc1ccc(Br)cn1)C1CCN(C(C(=O)NC2CC2)c2ccccc2)CC1. The maximum absolute atomic E-state index is 12.9. The van der Waals surface area contributed by atoms with Gasteiger partial charge in [0.15, 0.2) is 0 Å². The smallest absolute Gasteiger partial charge is 0.242 e. The standard InChI is InChI=1S/C22H25BrN4O2/c23-17-6-9-19(24-14-17)26-21(28)16-10-12-27(13-11-16)20(15-4-2-1-3-5-15)22(29)25-18-7-8-18/h1-6,9,14,16,18,20H,7-8,10-13H2,(H,25,29)(H,24,26,28). The number of hydrogen-bond donors (Lipinski definition) is 2. The van der Waals surface area contributed by atoms with E-state index < -0.39 is 0 Å². The zero-order valence-corrected chi connectivity index (χ0v) is 17.8. The summed E-state index contributed by atoms with van der Waals surface area (Å²) < 4.78 is 0.875. The van der Waals surface area contributed by atoms with Crippen molar-refractivity contribution >= 4 is 33.6 Å². The van der Waals surface area contributed by atoms with Crippen molar-refractivity contribution in [1.29, 1.82) is 0 Å². The highest BCUT2D eigenvalue weighted by molar-refractivity contribution is 9.10. The molecule has 0 spiro atoms. The molecule has 2 N–H and O–H groups in total. The number of nitrogens with zero attached hydrogens (tertiary/aromatic N) is 2. The molecular formula is C22H25BrN4O2. The molecule has 1 atom stereocenters. The first kappa shape index (κ1) is 20.0. The van der Waals surface area contributed by atoms with E-state index in [0.29, 0.717) is 24.9 Å². The summed E-state index contributed by atoms with van der Waals surface area (Å²) in [6.07, 6.45) is 5.26. The van der Waals surface area contributed by atoms with Crippen LogP contribution in [0.5, 0.6) is 0 Å². The van der Waals surface area contributed by atoms with Crippen LogP contribution in [0.3, 0.4) is 0 Å². The zero-order chi connectivity index (χ0) is 20.2. The Morgan fingerprint density at radius 1 is 1.03 bits per heavy atom. The van der Waals surface area contributed by atoms with Crippen LogP contribution in [0.25, 0.3) is 0 Å². The Morgan fingerprint density at radius 3 is 2.38 bits per heavy atom. The van der Waals surface area contributed by atoms with E-state index in [1.54, 1.807) is 12.3 Å². The van der Waals surface area contributed by atoms with E-state index in [1.165, 1.54) is 0 Å². The van der Waals surface area contributed by atoms with Crippen molar-refractivity contribution in [3.63, 3.8) is 0 Å². The Kier molecular flexibility index (Phi) is 6.25. The number of pyridine rings is 1. The fourth-order valence-corrected chi connectivity index (χ4v) is 4.00. The third kappa shape index (κ3) is 5.22. The minimum Gasteiger partial charge on any atom is -0.352 e. The molecule has 1 saturated heterocycles. The van der Waals surface area contributed by atoms with Crippen LogP contribution in [0.15, 0.2) is 53.1 Å². The number of aromatic nitrogens is 1. The lowest BCUT2D eigenvalue weighted by molar-refractivity contribution is -0.128. The molecule has 2 aliphatic rings. The van der Waals surface area contributed by atoms with Gasteiger partial charge in [-0.05, 0) is 72.4 Å². The number of amides is 2. The fourth-order valence-electron chi connectivity index (χ4n) is 3.77. The number of anilines is 1. The molecule has 7 heteroatoms. The maximum Gasteiger partial charge on any atom is 0.242 e. The van der Waals surface area contributed by atoms with Crippen LogP contribution in [0, 0.1) is 5.92 Å². The van der Waals surface area contributed by atoms with Gasteiger partial charge in [-0.15, -0.1) is 0 Å². The number of carbonyl (C=O) groups is 2. The first-order valence-corrected chi connectivity index (χ1v) is 10.9. The van der Waals surface area contributed by atoms with Gasteiger partial charge in [-0.2, -0.15) is 0 Å². The van der Waals surface area contributed by atoms with Crippen LogP contribution in [0.1, 0.15) is 37.3 Å². The van der Waals surface area contributed by atoms with Gasteiger partial charge < -0.3 is 10.6 Å². The van der Waals surface area contributed by atoms with Gasteiger partial charge in [-0.3, -0.25) is 14.5 Å². The second-order valence-electron chi connectivity index (χ2n) is 7.76. The molecule has 2 amide bonds. The molecule has 1 aromatic carbocycles. The summed E-state index contributed by atoms with van der Waals surface area (Å²) in [5.41, 5.74) is 1.01. The molecule has 2 fully saturated rings. The molecule has 6 nitrogen and oxygen atoms in total. The van der Waals surface area contributed by atoms with Gasteiger partial charge in [0.2, 0.25) is 11.8 Å². The largest absolute Gasteiger partial charge is 0.352 e. The Bertz CT molecular complexity index is 847. The van der Waals surface area contributed by atoms with Gasteiger partial charge in [0.1, 0.15) is 11.9 Å². The normalized spacial score (nSPS) is 18.8. The van der Waals surface area contributed by atoms with Crippen molar-refractivity contribution < 1.29 is 9.59 Å². The second kappa shape index (κ2) is 9.05. The first-order chi connectivity index (χ1) is 14.1. The first-order valence-electron chi connectivity index (χ1n) is 10.1. The average molecular weight is 457 g/mol. The lowest BCUT2D eigenvalue weighted by Crippen LogP contribution is -2.46. The van der Waals surface area contributed by atoms with Crippen LogP contribution in [-0.2, 0) is 9.59 Å². The van der Waals surface area contributed by atoms with E-state index in [2.05, 4.69) is 36.4 Å². The summed E-state index contributed by atoms with van der Waals surface area (Å²) in [6, 6.07) is 13.6. The second-order valence-corrected chi connectivity index (χ2v) is 8.67.